The minimum atomic E-state index is -0.458. The SMILES string of the molecule is CC1=C(N=Nc2ccc([N+](=O)[O-])cc2)CCC(N(CO)CCO)=C1. The van der Waals surface area contributed by atoms with Gasteiger partial charge in [-0.2, -0.15) is 10.2 Å². The van der Waals surface area contributed by atoms with E-state index in [-0.39, 0.29) is 19.0 Å². The number of hydrogen-bond donors (Lipinski definition) is 2. The van der Waals surface area contributed by atoms with Gasteiger partial charge < -0.3 is 15.1 Å². The smallest absolute Gasteiger partial charge is 0.269 e. The van der Waals surface area contributed by atoms with Crippen LogP contribution >= 0.6 is 0 Å². The minimum absolute atomic E-state index is 0.0163. The van der Waals surface area contributed by atoms with Crippen LogP contribution in [0.1, 0.15) is 19.8 Å². The molecule has 0 heterocycles. The Kier molecular flexibility index (Phi) is 6.16. The first-order valence-corrected chi connectivity index (χ1v) is 7.58. The first-order chi connectivity index (χ1) is 11.5. The molecule has 0 spiro atoms. The van der Waals surface area contributed by atoms with Crippen molar-refractivity contribution < 1.29 is 15.1 Å². The van der Waals surface area contributed by atoms with E-state index in [0.717, 1.165) is 17.0 Å². The predicted molar refractivity (Wildman–Crippen MR) is 88.5 cm³/mol. The van der Waals surface area contributed by atoms with Gasteiger partial charge in [0, 0.05) is 24.4 Å². The lowest BCUT2D eigenvalue weighted by atomic mass is 10.0. The fraction of sp³-hybridized carbons (Fsp3) is 0.375. The summed E-state index contributed by atoms with van der Waals surface area (Å²) in [5.41, 5.74) is 3.30. The molecule has 0 aliphatic heterocycles. The van der Waals surface area contributed by atoms with Gasteiger partial charge in [0.05, 0.1) is 22.9 Å². The van der Waals surface area contributed by atoms with Gasteiger partial charge in [-0.05, 0) is 43.5 Å². The zero-order valence-electron chi connectivity index (χ0n) is 13.4. The number of aliphatic hydroxyl groups excluding tert-OH is 2. The third-order valence-electron chi connectivity index (χ3n) is 3.75. The Bertz CT molecular complexity index is 680. The summed E-state index contributed by atoms with van der Waals surface area (Å²) in [5, 5.41) is 37.3. The number of non-ortho nitro benzene ring substituents is 1. The average Bonchev–Trinajstić information content (AvgIpc) is 2.59. The molecular formula is C16H20N4O4. The molecule has 8 heteroatoms. The zero-order chi connectivity index (χ0) is 17.5. The Hall–Kier alpha value is -2.58. The summed E-state index contributed by atoms with van der Waals surface area (Å²) >= 11 is 0. The monoisotopic (exact) mass is 332 g/mol. The minimum Gasteiger partial charge on any atom is -0.395 e. The summed E-state index contributed by atoms with van der Waals surface area (Å²) in [6.07, 6.45) is 3.31. The zero-order valence-corrected chi connectivity index (χ0v) is 13.4. The standard InChI is InChI=1S/C16H20N4O4/c1-12-10-15(19(11-22)8-9-21)6-7-16(12)18-17-13-2-4-14(5-3-13)20(23)24/h2-5,10,21-22H,6-9,11H2,1H3. The topological polar surface area (TPSA) is 112 Å². The molecule has 0 saturated carbocycles. The number of rotatable bonds is 7. The molecule has 8 nitrogen and oxygen atoms in total. The molecular weight excluding hydrogens is 312 g/mol. The molecule has 128 valence electrons. The fourth-order valence-electron chi connectivity index (χ4n) is 2.41. The summed E-state index contributed by atoms with van der Waals surface area (Å²) in [7, 11) is 0. The van der Waals surface area contributed by atoms with Crippen LogP contribution in [0.2, 0.25) is 0 Å². The second kappa shape index (κ2) is 8.32. The third-order valence-corrected chi connectivity index (χ3v) is 3.75. The molecule has 0 atom stereocenters. The molecule has 0 aromatic heterocycles. The van der Waals surface area contributed by atoms with Crippen molar-refractivity contribution in [2.45, 2.75) is 19.8 Å². The average molecular weight is 332 g/mol. The van der Waals surface area contributed by atoms with Crippen molar-refractivity contribution in [3.05, 3.63) is 57.4 Å². The molecule has 0 bridgehead atoms. The largest absolute Gasteiger partial charge is 0.395 e. The molecule has 0 fully saturated rings. The maximum Gasteiger partial charge on any atom is 0.269 e. The highest BCUT2D eigenvalue weighted by Crippen LogP contribution is 2.28. The number of allylic oxidation sites excluding steroid dienone is 4. The molecule has 0 radical (unpaired) electrons. The van der Waals surface area contributed by atoms with Gasteiger partial charge in [0.2, 0.25) is 0 Å². The first-order valence-electron chi connectivity index (χ1n) is 7.58. The number of aliphatic hydroxyl groups is 2. The first kappa shape index (κ1) is 17.8. The molecule has 0 saturated heterocycles. The summed E-state index contributed by atoms with van der Waals surface area (Å²) in [6.45, 7) is 2.14. The Balaban J connectivity index is 2.11. The Morgan fingerprint density at radius 3 is 2.46 bits per heavy atom. The Labute approximate surface area is 139 Å². The number of nitro groups is 1. The van der Waals surface area contributed by atoms with Crippen LogP contribution in [0.5, 0.6) is 0 Å². The van der Waals surface area contributed by atoms with Crippen molar-refractivity contribution in [1.82, 2.24) is 4.90 Å². The number of nitrogens with zero attached hydrogens (tertiary/aromatic N) is 4. The molecule has 2 rings (SSSR count). The highest BCUT2D eigenvalue weighted by atomic mass is 16.6. The van der Waals surface area contributed by atoms with Crippen molar-refractivity contribution in [2.75, 3.05) is 19.9 Å². The van der Waals surface area contributed by atoms with Crippen LogP contribution in [0.4, 0.5) is 11.4 Å². The molecule has 2 N–H and O–H groups in total. The Morgan fingerprint density at radius 1 is 1.21 bits per heavy atom. The van der Waals surface area contributed by atoms with Crippen LogP contribution < -0.4 is 0 Å². The highest BCUT2D eigenvalue weighted by molar-refractivity contribution is 5.44. The second-order valence-corrected chi connectivity index (χ2v) is 5.37. The predicted octanol–water partition coefficient (Wildman–Crippen LogP) is 2.87. The van der Waals surface area contributed by atoms with Crippen LogP contribution in [0.15, 0.2) is 57.5 Å². The maximum absolute atomic E-state index is 10.6. The van der Waals surface area contributed by atoms with Gasteiger partial charge in [-0.15, -0.1) is 0 Å². The van der Waals surface area contributed by atoms with Crippen LogP contribution in [0.3, 0.4) is 0 Å². The van der Waals surface area contributed by atoms with Crippen molar-refractivity contribution in [1.29, 1.82) is 0 Å². The molecule has 1 aliphatic carbocycles. The van der Waals surface area contributed by atoms with Gasteiger partial charge in [-0.25, -0.2) is 0 Å². The van der Waals surface area contributed by atoms with Crippen LogP contribution in [-0.2, 0) is 0 Å². The van der Waals surface area contributed by atoms with E-state index in [4.69, 9.17) is 5.11 Å². The number of nitro benzene ring substituents is 1. The molecule has 1 aromatic rings. The van der Waals surface area contributed by atoms with E-state index in [9.17, 15) is 15.2 Å². The van der Waals surface area contributed by atoms with E-state index in [0.29, 0.717) is 25.1 Å². The molecule has 1 aliphatic rings. The molecule has 1 aromatic carbocycles. The van der Waals surface area contributed by atoms with Crippen LogP contribution in [-0.4, -0.2) is 39.9 Å². The lowest BCUT2D eigenvalue weighted by Gasteiger charge is -2.27. The summed E-state index contributed by atoms with van der Waals surface area (Å²) < 4.78 is 0. The highest BCUT2D eigenvalue weighted by Gasteiger charge is 2.15. The van der Waals surface area contributed by atoms with Crippen molar-refractivity contribution in [3.8, 4) is 0 Å². The third kappa shape index (κ3) is 4.46. The van der Waals surface area contributed by atoms with E-state index < -0.39 is 4.92 Å². The maximum atomic E-state index is 10.6. The van der Waals surface area contributed by atoms with Gasteiger partial charge in [0.15, 0.2) is 0 Å². The second-order valence-electron chi connectivity index (χ2n) is 5.37. The van der Waals surface area contributed by atoms with E-state index in [1.807, 2.05) is 13.0 Å². The summed E-state index contributed by atoms with van der Waals surface area (Å²) in [6, 6.07) is 5.89. The van der Waals surface area contributed by atoms with Crippen molar-refractivity contribution in [3.63, 3.8) is 0 Å². The lowest BCUT2D eigenvalue weighted by Crippen LogP contribution is -2.28. The quantitative estimate of drug-likeness (QED) is 0.345. The van der Waals surface area contributed by atoms with E-state index in [2.05, 4.69) is 10.2 Å². The summed E-state index contributed by atoms with van der Waals surface area (Å²) in [5.74, 6) is 0. The normalized spacial score (nSPS) is 14.9. The number of hydrogen-bond acceptors (Lipinski definition) is 7. The number of benzene rings is 1. The lowest BCUT2D eigenvalue weighted by molar-refractivity contribution is -0.384. The van der Waals surface area contributed by atoms with E-state index in [1.54, 1.807) is 17.0 Å². The van der Waals surface area contributed by atoms with Gasteiger partial charge in [0.1, 0.15) is 6.73 Å². The molecule has 0 unspecified atom stereocenters. The van der Waals surface area contributed by atoms with Crippen LogP contribution in [0, 0.1) is 10.1 Å². The fourth-order valence-corrected chi connectivity index (χ4v) is 2.41. The van der Waals surface area contributed by atoms with Gasteiger partial charge in [-0.3, -0.25) is 10.1 Å². The number of azo groups is 1. The van der Waals surface area contributed by atoms with Gasteiger partial charge in [-0.1, -0.05) is 0 Å². The molecule has 0 amide bonds. The summed E-state index contributed by atoms with van der Waals surface area (Å²) in [4.78, 5) is 11.9. The Morgan fingerprint density at radius 2 is 1.92 bits per heavy atom. The van der Waals surface area contributed by atoms with E-state index >= 15 is 0 Å². The van der Waals surface area contributed by atoms with Crippen LogP contribution in [0.25, 0.3) is 0 Å². The molecule has 24 heavy (non-hydrogen) atoms. The van der Waals surface area contributed by atoms with Crippen molar-refractivity contribution >= 4 is 11.4 Å². The van der Waals surface area contributed by atoms with Gasteiger partial charge in [0.25, 0.3) is 5.69 Å². The van der Waals surface area contributed by atoms with E-state index in [1.165, 1.54) is 12.1 Å². The van der Waals surface area contributed by atoms with Crippen molar-refractivity contribution in [2.24, 2.45) is 10.2 Å². The van der Waals surface area contributed by atoms with Gasteiger partial charge >= 0.3 is 0 Å².